The number of hydrogen-bond donors (Lipinski definition) is 3. The molecule has 4 nitrogen and oxygen atoms in total. The highest BCUT2D eigenvalue weighted by molar-refractivity contribution is 7.14. The summed E-state index contributed by atoms with van der Waals surface area (Å²) in [5, 5.41) is 17.2. The van der Waals surface area contributed by atoms with Crippen LogP contribution in [0.5, 0.6) is 5.75 Å². The second kappa shape index (κ2) is 4.67. The summed E-state index contributed by atoms with van der Waals surface area (Å²) < 4.78 is 0. The number of nitrogens with one attached hydrogen (secondary N) is 2. The van der Waals surface area contributed by atoms with Crippen molar-refractivity contribution in [3.63, 3.8) is 0 Å². The molecule has 0 bridgehead atoms. The highest BCUT2D eigenvalue weighted by Crippen LogP contribution is 2.17. The molecule has 0 atom stereocenters. The maximum atomic E-state index is 11.5. The molecular formula is C11H10N2O2S. The summed E-state index contributed by atoms with van der Waals surface area (Å²) in [4.78, 5) is 11.5. The van der Waals surface area contributed by atoms with Gasteiger partial charge in [0.1, 0.15) is 5.75 Å². The van der Waals surface area contributed by atoms with E-state index in [1.165, 1.54) is 17.4 Å². The van der Waals surface area contributed by atoms with Crippen LogP contribution in [0.25, 0.3) is 0 Å². The van der Waals surface area contributed by atoms with Gasteiger partial charge in [-0.25, -0.2) is 4.79 Å². The number of rotatable bonds is 2. The first kappa shape index (κ1) is 10.5. The van der Waals surface area contributed by atoms with Gasteiger partial charge in [-0.3, -0.25) is 5.32 Å². The topological polar surface area (TPSA) is 61.4 Å². The van der Waals surface area contributed by atoms with Crippen molar-refractivity contribution in [3.8, 4) is 5.75 Å². The van der Waals surface area contributed by atoms with Crippen LogP contribution in [0.15, 0.2) is 41.8 Å². The monoisotopic (exact) mass is 234 g/mol. The normalized spacial score (nSPS) is 9.75. The summed E-state index contributed by atoms with van der Waals surface area (Å²) in [7, 11) is 0. The second-order valence-electron chi connectivity index (χ2n) is 3.11. The van der Waals surface area contributed by atoms with Crippen molar-refractivity contribution in [1.29, 1.82) is 0 Å². The molecular weight excluding hydrogens is 224 g/mol. The molecule has 5 heteroatoms. The van der Waals surface area contributed by atoms with E-state index in [0.717, 1.165) is 5.00 Å². The number of benzene rings is 1. The predicted molar refractivity (Wildman–Crippen MR) is 65.1 cm³/mol. The lowest BCUT2D eigenvalue weighted by Gasteiger charge is -2.05. The number of carbonyl (C=O) groups is 1. The quantitative estimate of drug-likeness (QED) is 0.747. The summed E-state index contributed by atoms with van der Waals surface area (Å²) in [5.41, 5.74) is 0.550. The Morgan fingerprint density at radius 1 is 1.19 bits per heavy atom. The molecule has 3 N–H and O–H groups in total. The van der Waals surface area contributed by atoms with Crippen molar-refractivity contribution in [2.24, 2.45) is 0 Å². The first-order valence-corrected chi connectivity index (χ1v) is 5.52. The van der Waals surface area contributed by atoms with E-state index >= 15 is 0 Å². The van der Waals surface area contributed by atoms with Gasteiger partial charge in [0.15, 0.2) is 0 Å². The van der Waals surface area contributed by atoms with E-state index in [4.69, 9.17) is 0 Å². The van der Waals surface area contributed by atoms with Crippen LogP contribution >= 0.6 is 11.3 Å². The number of carbonyl (C=O) groups excluding carboxylic acids is 1. The lowest BCUT2D eigenvalue weighted by molar-refractivity contribution is 0.262. The van der Waals surface area contributed by atoms with Crippen LogP contribution in [-0.4, -0.2) is 11.1 Å². The Labute approximate surface area is 96.5 Å². The fourth-order valence-electron chi connectivity index (χ4n) is 1.21. The van der Waals surface area contributed by atoms with E-state index < -0.39 is 0 Å². The molecule has 2 aromatic rings. The van der Waals surface area contributed by atoms with E-state index in [1.807, 2.05) is 17.5 Å². The summed E-state index contributed by atoms with van der Waals surface area (Å²) >= 11 is 1.44. The van der Waals surface area contributed by atoms with Crippen LogP contribution in [0.4, 0.5) is 15.5 Å². The zero-order chi connectivity index (χ0) is 11.4. The molecule has 0 fully saturated rings. The van der Waals surface area contributed by atoms with Gasteiger partial charge >= 0.3 is 6.03 Å². The zero-order valence-corrected chi connectivity index (χ0v) is 9.12. The highest BCUT2D eigenvalue weighted by atomic mass is 32.1. The Morgan fingerprint density at radius 3 is 2.75 bits per heavy atom. The summed E-state index contributed by atoms with van der Waals surface area (Å²) in [6.45, 7) is 0. The van der Waals surface area contributed by atoms with Crippen molar-refractivity contribution in [2.75, 3.05) is 10.6 Å². The lowest BCUT2D eigenvalue weighted by atomic mass is 10.3. The van der Waals surface area contributed by atoms with Gasteiger partial charge in [0.05, 0.1) is 5.00 Å². The molecule has 0 spiro atoms. The molecule has 0 saturated carbocycles. The minimum absolute atomic E-state index is 0.119. The minimum atomic E-state index is -0.326. The van der Waals surface area contributed by atoms with Crippen LogP contribution < -0.4 is 10.6 Å². The van der Waals surface area contributed by atoms with Crippen LogP contribution in [0.2, 0.25) is 0 Å². The van der Waals surface area contributed by atoms with Gasteiger partial charge in [0.2, 0.25) is 0 Å². The lowest BCUT2D eigenvalue weighted by Crippen LogP contribution is -2.18. The molecule has 0 aliphatic heterocycles. The first-order chi connectivity index (χ1) is 7.74. The third kappa shape index (κ3) is 2.74. The zero-order valence-electron chi connectivity index (χ0n) is 8.31. The number of phenols is 1. The third-order valence-electron chi connectivity index (χ3n) is 1.86. The number of thiophene rings is 1. The van der Waals surface area contributed by atoms with Crippen LogP contribution in [0.1, 0.15) is 0 Å². The van der Waals surface area contributed by atoms with Crippen LogP contribution in [0, 0.1) is 0 Å². The molecule has 0 aliphatic carbocycles. The summed E-state index contributed by atoms with van der Waals surface area (Å²) in [5.74, 6) is 0.119. The maximum Gasteiger partial charge on any atom is 0.324 e. The maximum absolute atomic E-state index is 11.5. The third-order valence-corrected chi connectivity index (χ3v) is 2.65. The second-order valence-corrected chi connectivity index (χ2v) is 4.05. The number of phenolic OH excluding ortho intramolecular Hbond substituents is 1. The van der Waals surface area contributed by atoms with E-state index in [0.29, 0.717) is 5.69 Å². The number of hydrogen-bond acceptors (Lipinski definition) is 3. The fraction of sp³-hybridized carbons (Fsp3) is 0. The van der Waals surface area contributed by atoms with Crippen LogP contribution in [-0.2, 0) is 0 Å². The molecule has 0 unspecified atom stereocenters. The molecule has 16 heavy (non-hydrogen) atoms. The van der Waals surface area contributed by atoms with Gasteiger partial charge < -0.3 is 10.4 Å². The van der Waals surface area contributed by atoms with Crippen LogP contribution in [0.3, 0.4) is 0 Å². The molecule has 0 aliphatic rings. The van der Waals surface area contributed by atoms with E-state index in [2.05, 4.69) is 10.6 Å². The first-order valence-electron chi connectivity index (χ1n) is 4.64. The summed E-state index contributed by atoms with van der Waals surface area (Å²) in [6, 6.07) is 9.73. The molecule has 1 heterocycles. The molecule has 2 amide bonds. The average Bonchev–Trinajstić information content (AvgIpc) is 2.70. The SMILES string of the molecule is O=C(Nc1cccc(O)c1)Nc1cccs1. The minimum Gasteiger partial charge on any atom is -0.508 e. The average molecular weight is 234 g/mol. The number of anilines is 2. The van der Waals surface area contributed by atoms with Gasteiger partial charge in [-0.2, -0.15) is 0 Å². The van der Waals surface area contributed by atoms with E-state index in [-0.39, 0.29) is 11.8 Å². The Hall–Kier alpha value is -2.01. The van der Waals surface area contributed by atoms with Crippen molar-refractivity contribution in [3.05, 3.63) is 41.8 Å². The number of urea groups is 1. The smallest absolute Gasteiger partial charge is 0.324 e. The Balaban J connectivity index is 1.97. The highest BCUT2D eigenvalue weighted by Gasteiger charge is 2.03. The number of amides is 2. The van der Waals surface area contributed by atoms with Gasteiger partial charge in [-0.1, -0.05) is 6.07 Å². The molecule has 1 aromatic heterocycles. The largest absolute Gasteiger partial charge is 0.508 e. The molecule has 82 valence electrons. The van der Waals surface area contributed by atoms with Gasteiger partial charge in [0.25, 0.3) is 0 Å². The Bertz CT molecular complexity index is 482. The molecule has 0 radical (unpaired) electrons. The van der Waals surface area contributed by atoms with Gasteiger partial charge in [-0.05, 0) is 29.6 Å². The van der Waals surface area contributed by atoms with Crippen molar-refractivity contribution in [2.45, 2.75) is 0 Å². The Morgan fingerprint density at radius 2 is 2.06 bits per heavy atom. The standard InChI is InChI=1S/C11H10N2O2S/c14-9-4-1-3-8(7-9)12-11(15)13-10-5-2-6-16-10/h1-7,14H,(H2,12,13,15). The molecule has 2 rings (SSSR count). The van der Waals surface area contributed by atoms with Gasteiger partial charge in [0, 0.05) is 11.8 Å². The number of aromatic hydroxyl groups is 1. The Kier molecular flexibility index (Phi) is 3.07. The van der Waals surface area contributed by atoms with E-state index in [9.17, 15) is 9.90 Å². The molecule has 0 saturated heterocycles. The van der Waals surface area contributed by atoms with Gasteiger partial charge in [-0.15, -0.1) is 11.3 Å². The van der Waals surface area contributed by atoms with E-state index in [1.54, 1.807) is 18.2 Å². The van der Waals surface area contributed by atoms with Crippen molar-refractivity contribution >= 4 is 28.1 Å². The summed E-state index contributed by atoms with van der Waals surface area (Å²) in [6.07, 6.45) is 0. The fourth-order valence-corrected chi connectivity index (χ4v) is 1.82. The predicted octanol–water partition coefficient (Wildman–Crippen LogP) is 3.10. The van der Waals surface area contributed by atoms with Crippen molar-refractivity contribution in [1.82, 2.24) is 0 Å². The van der Waals surface area contributed by atoms with Crippen molar-refractivity contribution < 1.29 is 9.90 Å². The molecule has 1 aromatic carbocycles.